The third kappa shape index (κ3) is 6.89. The maximum Gasteiger partial charge on any atom is 0.224 e. The zero-order valence-corrected chi connectivity index (χ0v) is 29.7. The second-order valence-corrected chi connectivity index (χ2v) is 9.84. The fraction of sp³-hybridized carbons (Fsp3) is 0.367. The molecule has 1 fully saturated rings. The van der Waals surface area contributed by atoms with Gasteiger partial charge in [-0.15, -0.1) is 0 Å². The molecule has 1 amide bonds. The molecule has 6 heteroatoms. The van der Waals surface area contributed by atoms with Gasteiger partial charge in [0.15, 0.2) is 0 Å². The molecule has 36 heavy (non-hydrogen) atoms. The fourth-order valence-electron chi connectivity index (χ4n) is 5.57. The third-order valence-corrected chi connectivity index (χ3v) is 7.28. The first-order chi connectivity index (χ1) is 16.6. The molecule has 1 N–H and O–H groups in total. The van der Waals surface area contributed by atoms with Crippen molar-refractivity contribution in [2.75, 3.05) is 23.3 Å². The van der Waals surface area contributed by atoms with Crippen molar-refractivity contribution in [2.24, 2.45) is 0 Å². The van der Waals surface area contributed by atoms with Crippen LogP contribution in [-0.2, 0) is 11.3 Å². The Morgan fingerprint density at radius 1 is 0.889 bits per heavy atom. The van der Waals surface area contributed by atoms with Crippen LogP contribution >= 0.6 is 0 Å². The Balaban J connectivity index is 0.00000180. The van der Waals surface area contributed by atoms with E-state index in [-0.39, 0.29) is 80.2 Å². The van der Waals surface area contributed by atoms with Crippen LogP contribution < -0.4 is 10.2 Å². The second-order valence-electron chi connectivity index (χ2n) is 9.84. The monoisotopic (exact) mass is 929 g/mol. The normalized spacial score (nSPS) is 19.4. The van der Waals surface area contributed by atoms with E-state index in [1.165, 1.54) is 54.6 Å². The summed E-state index contributed by atoms with van der Waals surface area (Å²) in [5, 5.41) is 3.72. The smallest absolute Gasteiger partial charge is 0.224 e. The topological polar surface area (TPSA) is 35.6 Å². The van der Waals surface area contributed by atoms with E-state index in [0.717, 1.165) is 24.3 Å². The molecule has 3 aromatic rings. The number of likely N-dealkylation sites (tertiary alicyclic amines) is 1. The molecule has 0 saturated carbocycles. The molecular formula is C30H35N3OU2. The SMILES string of the molecule is CC(=O)N1c2ccc(-c3ccc(CN4CCCCC4)cc3)cc2C(Nc2ccccc2)CC1C.[U].[U]. The molecule has 5 rings (SSSR count). The van der Waals surface area contributed by atoms with E-state index in [2.05, 4.69) is 83.9 Å². The Morgan fingerprint density at radius 2 is 1.56 bits per heavy atom. The number of nitrogens with zero attached hydrogens (tertiary/aromatic N) is 2. The minimum atomic E-state index is 0. The van der Waals surface area contributed by atoms with Crippen molar-refractivity contribution in [3.8, 4) is 11.1 Å². The molecular weight excluding hydrogens is 894 g/mol. The molecule has 0 spiro atoms. The van der Waals surface area contributed by atoms with Crippen LogP contribution in [0.25, 0.3) is 11.1 Å². The van der Waals surface area contributed by atoms with E-state index in [4.69, 9.17) is 0 Å². The molecule has 2 aliphatic rings. The maximum atomic E-state index is 12.5. The number of carbonyl (C=O) groups excluding carboxylic acids is 1. The Labute approximate surface area is 263 Å². The molecule has 2 unspecified atom stereocenters. The van der Waals surface area contributed by atoms with Crippen molar-refractivity contribution < 1.29 is 67.0 Å². The van der Waals surface area contributed by atoms with Gasteiger partial charge in [0.1, 0.15) is 0 Å². The minimum absolute atomic E-state index is 0. The summed E-state index contributed by atoms with van der Waals surface area (Å²) in [5.74, 6) is 0.0988. The molecule has 0 aliphatic carbocycles. The van der Waals surface area contributed by atoms with Gasteiger partial charge in [-0.3, -0.25) is 9.69 Å². The van der Waals surface area contributed by atoms with Crippen LogP contribution in [0.2, 0.25) is 0 Å². The molecule has 0 bridgehead atoms. The van der Waals surface area contributed by atoms with Crippen molar-refractivity contribution in [3.05, 3.63) is 83.9 Å². The van der Waals surface area contributed by atoms with Crippen molar-refractivity contribution in [3.63, 3.8) is 0 Å². The van der Waals surface area contributed by atoms with E-state index in [1.54, 1.807) is 6.92 Å². The van der Waals surface area contributed by atoms with Crippen LogP contribution in [0.15, 0.2) is 72.8 Å². The summed E-state index contributed by atoms with van der Waals surface area (Å²) in [7, 11) is 0. The van der Waals surface area contributed by atoms with Crippen molar-refractivity contribution >= 4 is 17.3 Å². The first-order valence-electron chi connectivity index (χ1n) is 12.7. The Bertz CT molecular complexity index is 1130. The van der Waals surface area contributed by atoms with Crippen LogP contribution in [0, 0.1) is 62.2 Å². The Hall–Kier alpha value is -1.01. The quantitative estimate of drug-likeness (QED) is 0.312. The first kappa shape index (κ1) is 29.5. The summed E-state index contributed by atoms with van der Waals surface area (Å²) < 4.78 is 0. The van der Waals surface area contributed by atoms with Gasteiger partial charge in [0.05, 0.1) is 6.04 Å². The Kier molecular flexibility index (Phi) is 11.2. The van der Waals surface area contributed by atoms with Crippen LogP contribution in [0.1, 0.15) is 56.7 Å². The number of benzene rings is 3. The van der Waals surface area contributed by atoms with E-state index in [0.29, 0.717) is 0 Å². The van der Waals surface area contributed by atoms with Gasteiger partial charge in [-0.25, -0.2) is 0 Å². The van der Waals surface area contributed by atoms with E-state index >= 15 is 0 Å². The number of anilines is 2. The standard InChI is InChI=1S/C30H35N3O.2U/c1-22-19-29(31-27-9-5-3-6-10-27)28-20-26(15-16-30(28)33(22)23(2)34)25-13-11-24(12-14-25)21-32-17-7-4-8-18-32;;/h3,5-6,9-16,20,22,29,31H,4,7-8,17-19,21H2,1-2H3;;. The average molecular weight is 930 g/mol. The van der Waals surface area contributed by atoms with Gasteiger partial charge in [0, 0.05) is 93.1 Å². The third-order valence-electron chi connectivity index (χ3n) is 7.28. The number of para-hydroxylation sites is 1. The summed E-state index contributed by atoms with van der Waals surface area (Å²) in [4.78, 5) is 17.0. The molecule has 2 atom stereocenters. The van der Waals surface area contributed by atoms with E-state index < -0.39 is 0 Å². The zero-order valence-electron chi connectivity index (χ0n) is 21.3. The van der Waals surface area contributed by atoms with Gasteiger partial charge in [-0.05, 0) is 85.8 Å². The number of carbonyl (C=O) groups is 1. The number of nitrogens with one attached hydrogen (secondary N) is 1. The summed E-state index contributed by atoms with van der Waals surface area (Å²) in [6.07, 6.45) is 4.88. The maximum absolute atomic E-state index is 12.5. The largest absolute Gasteiger partial charge is 0.378 e. The van der Waals surface area contributed by atoms with Gasteiger partial charge >= 0.3 is 0 Å². The molecule has 184 valence electrons. The van der Waals surface area contributed by atoms with Crippen LogP contribution in [-0.4, -0.2) is 29.9 Å². The molecule has 3 aromatic carbocycles. The molecule has 2 aliphatic heterocycles. The first-order valence-corrected chi connectivity index (χ1v) is 12.7. The number of hydrogen-bond acceptors (Lipinski definition) is 3. The predicted octanol–water partition coefficient (Wildman–Crippen LogP) is 6.64. The van der Waals surface area contributed by atoms with Crippen LogP contribution in [0.5, 0.6) is 0 Å². The molecule has 2 heterocycles. The van der Waals surface area contributed by atoms with Gasteiger partial charge < -0.3 is 10.2 Å². The molecule has 0 radical (unpaired) electrons. The molecule has 0 aromatic heterocycles. The number of amides is 1. The summed E-state index contributed by atoms with van der Waals surface area (Å²) in [5.41, 5.74) is 7.10. The van der Waals surface area contributed by atoms with E-state index in [9.17, 15) is 4.79 Å². The minimum Gasteiger partial charge on any atom is -0.378 e. The summed E-state index contributed by atoms with van der Waals surface area (Å²) in [6.45, 7) is 7.28. The Morgan fingerprint density at radius 3 is 2.22 bits per heavy atom. The van der Waals surface area contributed by atoms with E-state index in [1.807, 2.05) is 11.0 Å². The molecule has 1 saturated heterocycles. The van der Waals surface area contributed by atoms with Crippen LogP contribution in [0.4, 0.5) is 11.4 Å². The van der Waals surface area contributed by atoms with Crippen LogP contribution in [0.3, 0.4) is 0 Å². The summed E-state index contributed by atoms with van der Waals surface area (Å²) in [6, 6.07) is 26.2. The van der Waals surface area contributed by atoms with Gasteiger partial charge in [-0.1, -0.05) is 55.0 Å². The number of fused-ring (bicyclic) bond motifs is 1. The second kappa shape index (κ2) is 13.7. The van der Waals surface area contributed by atoms with Crippen molar-refractivity contribution in [1.82, 2.24) is 4.90 Å². The summed E-state index contributed by atoms with van der Waals surface area (Å²) >= 11 is 0. The number of hydrogen-bond donors (Lipinski definition) is 1. The zero-order chi connectivity index (χ0) is 23.5. The molecule has 4 nitrogen and oxygen atoms in total. The number of rotatable bonds is 5. The number of piperidine rings is 1. The van der Waals surface area contributed by atoms with Crippen molar-refractivity contribution in [2.45, 2.75) is 58.2 Å². The average Bonchev–Trinajstić information content (AvgIpc) is 2.85. The predicted molar refractivity (Wildman–Crippen MR) is 141 cm³/mol. The fourth-order valence-corrected chi connectivity index (χ4v) is 5.57. The van der Waals surface area contributed by atoms with Gasteiger partial charge in [-0.2, -0.15) is 0 Å². The van der Waals surface area contributed by atoms with Gasteiger partial charge in [0.2, 0.25) is 5.91 Å². The van der Waals surface area contributed by atoms with Gasteiger partial charge in [0.25, 0.3) is 0 Å². The van der Waals surface area contributed by atoms with Crippen molar-refractivity contribution in [1.29, 1.82) is 0 Å².